The average molecular weight is 317 g/mol. The van der Waals surface area contributed by atoms with Gasteiger partial charge in [-0.2, -0.15) is 0 Å². The zero-order valence-electron chi connectivity index (χ0n) is 14.2. The largest absolute Gasteiger partial charge is 0.411 e. The first-order valence-corrected chi connectivity index (χ1v) is 9.16. The molecule has 1 unspecified atom stereocenters. The van der Waals surface area contributed by atoms with Gasteiger partial charge in [-0.05, 0) is 55.3 Å². The number of ketones is 2. The van der Waals surface area contributed by atoms with Crippen molar-refractivity contribution < 1.29 is 14.8 Å². The number of carbonyl (C=O) groups excluding carboxylic acids is 2. The standard InChI is InChI=1S/C19H27NO3/c1-18-7-5-11(21)9-15(18)16(20-23)10-12-13-3-4-17(22)19(13,2)8-6-14(12)18/h12-15,23H,3-10H2,1-2H3/b20-16-/t12-,13-,14+,15?,18+,19-/m0/s1. The molecular weight excluding hydrogens is 290 g/mol. The fourth-order valence-corrected chi connectivity index (χ4v) is 6.74. The molecule has 0 aliphatic heterocycles. The molecule has 0 radical (unpaired) electrons. The first-order valence-electron chi connectivity index (χ1n) is 9.16. The maximum absolute atomic E-state index is 12.4. The third-order valence-corrected chi connectivity index (χ3v) is 8.14. The van der Waals surface area contributed by atoms with E-state index in [0.717, 1.165) is 37.8 Å². The number of fused-ring (bicyclic) bond motifs is 5. The highest BCUT2D eigenvalue weighted by molar-refractivity contribution is 5.94. The fourth-order valence-electron chi connectivity index (χ4n) is 6.74. The summed E-state index contributed by atoms with van der Waals surface area (Å²) in [4.78, 5) is 24.4. The predicted octanol–water partition coefficient (Wildman–Crippen LogP) is 3.61. The summed E-state index contributed by atoms with van der Waals surface area (Å²) in [7, 11) is 0. The molecule has 0 amide bonds. The van der Waals surface area contributed by atoms with Crippen LogP contribution in [0.2, 0.25) is 0 Å². The Morgan fingerprint density at radius 1 is 1.04 bits per heavy atom. The molecular formula is C19H27NO3. The second-order valence-electron chi connectivity index (χ2n) is 8.89. The number of Topliss-reactive ketones (excluding diaryl/α,β-unsaturated/α-hetero) is 2. The summed E-state index contributed by atoms with van der Waals surface area (Å²) >= 11 is 0. The molecule has 0 heterocycles. The summed E-state index contributed by atoms with van der Waals surface area (Å²) in [6.45, 7) is 4.48. The van der Waals surface area contributed by atoms with Crippen LogP contribution in [0.25, 0.3) is 0 Å². The number of hydrogen-bond acceptors (Lipinski definition) is 4. The van der Waals surface area contributed by atoms with Gasteiger partial charge in [-0.1, -0.05) is 19.0 Å². The number of nitrogens with zero attached hydrogens (tertiary/aromatic N) is 1. The van der Waals surface area contributed by atoms with Crippen molar-refractivity contribution in [3.8, 4) is 0 Å². The van der Waals surface area contributed by atoms with Gasteiger partial charge >= 0.3 is 0 Å². The minimum atomic E-state index is -0.157. The van der Waals surface area contributed by atoms with Crippen LogP contribution < -0.4 is 0 Å². The van der Waals surface area contributed by atoms with Crippen molar-refractivity contribution in [2.24, 2.45) is 39.7 Å². The normalized spacial score (nSPS) is 51.3. The van der Waals surface area contributed by atoms with Crippen molar-refractivity contribution >= 4 is 17.3 Å². The molecule has 4 fully saturated rings. The smallest absolute Gasteiger partial charge is 0.139 e. The van der Waals surface area contributed by atoms with Crippen LogP contribution in [0.5, 0.6) is 0 Å². The van der Waals surface area contributed by atoms with E-state index in [0.29, 0.717) is 48.6 Å². The van der Waals surface area contributed by atoms with Gasteiger partial charge in [-0.3, -0.25) is 9.59 Å². The molecule has 4 aliphatic carbocycles. The Bertz CT molecular complexity index is 597. The van der Waals surface area contributed by atoms with Gasteiger partial charge in [0.05, 0.1) is 5.71 Å². The maximum atomic E-state index is 12.4. The van der Waals surface area contributed by atoms with E-state index >= 15 is 0 Å². The van der Waals surface area contributed by atoms with Gasteiger partial charge in [0.25, 0.3) is 0 Å². The second-order valence-corrected chi connectivity index (χ2v) is 8.89. The van der Waals surface area contributed by atoms with Crippen LogP contribution in [0.1, 0.15) is 65.2 Å². The van der Waals surface area contributed by atoms with Gasteiger partial charge in [-0.15, -0.1) is 0 Å². The SMILES string of the molecule is C[C@]12CCC(=O)CC1/C(=N\O)C[C@@H]1[C@H]2CC[C@]2(C)C(=O)CC[C@@H]12. The highest BCUT2D eigenvalue weighted by Gasteiger charge is 2.61. The molecule has 23 heavy (non-hydrogen) atoms. The summed E-state index contributed by atoms with van der Waals surface area (Å²) in [5, 5.41) is 13.2. The second kappa shape index (κ2) is 4.90. The molecule has 0 saturated heterocycles. The predicted molar refractivity (Wildman–Crippen MR) is 86.3 cm³/mol. The molecule has 0 spiro atoms. The molecule has 6 atom stereocenters. The lowest BCUT2D eigenvalue weighted by molar-refractivity contribution is -0.136. The third kappa shape index (κ3) is 1.93. The van der Waals surface area contributed by atoms with Gasteiger partial charge in [0.2, 0.25) is 0 Å². The first-order chi connectivity index (χ1) is 10.9. The maximum Gasteiger partial charge on any atom is 0.139 e. The van der Waals surface area contributed by atoms with Gasteiger partial charge in [0.15, 0.2) is 0 Å². The lowest BCUT2D eigenvalue weighted by Crippen LogP contribution is -2.56. The molecule has 0 aromatic heterocycles. The van der Waals surface area contributed by atoms with Gasteiger partial charge < -0.3 is 5.21 Å². The minimum absolute atomic E-state index is 0.0609. The Morgan fingerprint density at radius 3 is 2.57 bits per heavy atom. The van der Waals surface area contributed by atoms with Gasteiger partial charge in [-0.25, -0.2) is 0 Å². The van der Waals surface area contributed by atoms with Gasteiger partial charge in [0, 0.05) is 30.6 Å². The third-order valence-electron chi connectivity index (χ3n) is 8.14. The van der Waals surface area contributed by atoms with Crippen LogP contribution in [0.15, 0.2) is 5.16 Å². The fraction of sp³-hybridized carbons (Fsp3) is 0.842. The van der Waals surface area contributed by atoms with Crippen molar-refractivity contribution in [3.05, 3.63) is 0 Å². The Kier molecular flexibility index (Phi) is 3.27. The summed E-state index contributed by atoms with van der Waals surface area (Å²) in [5.74, 6) is 2.30. The van der Waals surface area contributed by atoms with Crippen molar-refractivity contribution in [1.82, 2.24) is 0 Å². The van der Waals surface area contributed by atoms with E-state index in [9.17, 15) is 14.8 Å². The van der Waals surface area contributed by atoms with Crippen molar-refractivity contribution in [3.63, 3.8) is 0 Å². The van der Waals surface area contributed by atoms with E-state index in [1.54, 1.807) is 0 Å². The Hall–Kier alpha value is -1.19. The van der Waals surface area contributed by atoms with Crippen molar-refractivity contribution in [2.45, 2.75) is 65.2 Å². The summed E-state index contributed by atoms with van der Waals surface area (Å²) in [6.07, 6.45) is 6.69. The van der Waals surface area contributed by atoms with E-state index < -0.39 is 0 Å². The van der Waals surface area contributed by atoms with Crippen LogP contribution in [-0.4, -0.2) is 22.5 Å². The van der Waals surface area contributed by atoms with Crippen LogP contribution in [0, 0.1) is 34.5 Å². The number of oxime groups is 1. The van der Waals surface area contributed by atoms with E-state index in [2.05, 4.69) is 19.0 Å². The Balaban J connectivity index is 1.73. The summed E-state index contributed by atoms with van der Waals surface area (Å²) < 4.78 is 0. The molecule has 4 aliphatic rings. The summed E-state index contributed by atoms with van der Waals surface area (Å²) in [5.41, 5.74) is 0.728. The minimum Gasteiger partial charge on any atom is -0.411 e. The summed E-state index contributed by atoms with van der Waals surface area (Å²) in [6, 6.07) is 0. The highest BCUT2D eigenvalue weighted by atomic mass is 16.4. The van der Waals surface area contributed by atoms with Crippen LogP contribution in [-0.2, 0) is 9.59 Å². The van der Waals surface area contributed by atoms with Crippen LogP contribution in [0.3, 0.4) is 0 Å². The van der Waals surface area contributed by atoms with Crippen LogP contribution in [0.4, 0.5) is 0 Å². The number of rotatable bonds is 0. The Labute approximate surface area is 137 Å². The molecule has 4 rings (SSSR count). The first kappa shape index (κ1) is 15.3. The van der Waals surface area contributed by atoms with Crippen LogP contribution >= 0.6 is 0 Å². The quantitative estimate of drug-likeness (QED) is 0.548. The monoisotopic (exact) mass is 317 g/mol. The molecule has 0 aromatic rings. The zero-order valence-corrected chi connectivity index (χ0v) is 14.2. The lowest BCUT2D eigenvalue weighted by atomic mass is 9.45. The van der Waals surface area contributed by atoms with Crippen molar-refractivity contribution in [1.29, 1.82) is 0 Å². The molecule has 4 saturated carbocycles. The lowest BCUT2D eigenvalue weighted by Gasteiger charge is -2.59. The van der Waals surface area contributed by atoms with E-state index in [1.807, 2.05) is 0 Å². The Morgan fingerprint density at radius 2 is 1.83 bits per heavy atom. The van der Waals surface area contributed by atoms with Gasteiger partial charge in [0.1, 0.15) is 11.6 Å². The molecule has 0 aromatic carbocycles. The molecule has 1 N–H and O–H groups in total. The van der Waals surface area contributed by atoms with Crippen molar-refractivity contribution in [2.75, 3.05) is 0 Å². The zero-order chi connectivity index (χ0) is 16.4. The van der Waals surface area contributed by atoms with E-state index in [4.69, 9.17) is 0 Å². The molecule has 4 heteroatoms. The topological polar surface area (TPSA) is 66.7 Å². The van der Waals surface area contributed by atoms with E-state index in [1.165, 1.54) is 0 Å². The average Bonchev–Trinajstić information content (AvgIpc) is 2.83. The highest BCUT2D eigenvalue weighted by Crippen LogP contribution is 2.64. The molecule has 4 nitrogen and oxygen atoms in total. The van der Waals surface area contributed by atoms with E-state index in [-0.39, 0.29) is 16.7 Å². The molecule has 0 bridgehead atoms. The number of carbonyl (C=O) groups is 2. The molecule has 126 valence electrons. The number of hydrogen-bond donors (Lipinski definition) is 1.